The minimum Gasteiger partial charge on any atom is -0.493 e. The molecule has 2 amide bonds. The number of ether oxygens (including phenoxy) is 2. The van der Waals surface area contributed by atoms with Gasteiger partial charge in [0.25, 0.3) is 0 Å². The van der Waals surface area contributed by atoms with Crippen molar-refractivity contribution in [3.8, 4) is 11.5 Å². The summed E-state index contributed by atoms with van der Waals surface area (Å²) in [5.41, 5.74) is 1.07. The number of thiophene rings is 1. The number of carbonyl (C=O) groups is 2. The number of hydrogen-bond donors (Lipinski definition) is 0. The van der Waals surface area contributed by atoms with Gasteiger partial charge >= 0.3 is 0 Å². The monoisotopic (exact) mass is 444 g/mol. The number of carbonyl (C=O) groups excluding carboxylic acids is 2. The fourth-order valence-electron chi connectivity index (χ4n) is 3.59. The lowest BCUT2D eigenvalue weighted by Crippen LogP contribution is -2.44. The van der Waals surface area contributed by atoms with E-state index >= 15 is 0 Å². The first-order valence-electron chi connectivity index (χ1n) is 10.9. The molecule has 6 nitrogen and oxygen atoms in total. The van der Waals surface area contributed by atoms with Crippen LogP contribution in [0.15, 0.2) is 35.7 Å². The van der Waals surface area contributed by atoms with Gasteiger partial charge in [0.2, 0.25) is 11.8 Å². The van der Waals surface area contributed by atoms with Crippen molar-refractivity contribution in [2.45, 2.75) is 51.6 Å². The molecule has 1 fully saturated rings. The van der Waals surface area contributed by atoms with Gasteiger partial charge < -0.3 is 19.3 Å². The first kappa shape index (κ1) is 23.1. The fraction of sp³-hybridized carbons (Fsp3) is 0.500. The van der Waals surface area contributed by atoms with Crippen LogP contribution < -0.4 is 9.47 Å². The second-order valence-electron chi connectivity index (χ2n) is 7.84. The number of hydrogen-bond acceptors (Lipinski definition) is 5. The van der Waals surface area contributed by atoms with E-state index in [2.05, 4.69) is 0 Å². The van der Waals surface area contributed by atoms with Crippen molar-refractivity contribution in [2.24, 2.45) is 0 Å². The Bertz CT molecular complexity index is 864. The van der Waals surface area contributed by atoms with Gasteiger partial charge in [-0.25, -0.2) is 0 Å². The Morgan fingerprint density at radius 3 is 2.48 bits per heavy atom. The van der Waals surface area contributed by atoms with E-state index in [9.17, 15) is 9.59 Å². The molecule has 1 aromatic carbocycles. The molecule has 1 aliphatic rings. The van der Waals surface area contributed by atoms with Gasteiger partial charge in [-0.05, 0) is 54.8 Å². The lowest BCUT2D eigenvalue weighted by atomic mass is 10.1. The second-order valence-corrected chi connectivity index (χ2v) is 8.87. The zero-order valence-corrected chi connectivity index (χ0v) is 19.5. The topological polar surface area (TPSA) is 59.1 Å². The van der Waals surface area contributed by atoms with Crippen molar-refractivity contribution < 1.29 is 19.1 Å². The van der Waals surface area contributed by atoms with Gasteiger partial charge in [0.1, 0.15) is 6.54 Å². The van der Waals surface area contributed by atoms with E-state index < -0.39 is 0 Å². The van der Waals surface area contributed by atoms with E-state index in [4.69, 9.17) is 9.47 Å². The highest BCUT2D eigenvalue weighted by Gasteiger charge is 2.34. The predicted octanol–water partition coefficient (Wildman–Crippen LogP) is 4.13. The summed E-state index contributed by atoms with van der Waals surface area (Å²) in [6.45, 7) is 3.30. The third-order valence-electron chi connectivity index (χ3n) is 5.48. The molecule has 31 heavy (non-hydrogen) atoms. The van der Waals surface area contributed by atoms with E-state index in [-0.39, 0.29) is 24.4 Å². The van der Waals surface area contributed by atoms with Crippen molar-refractivity contribution in [3.05, 3.63) is 46.2 Å². The van der Waals surface area contributed by atoms with Crippen LogP contribution in [0.1, 0.15) is 43.0 Å². The Labute approximate surface area is 188 Å². The van der Waals surface area contributed by atoms with Crippen LogP contribution in [0.25, 0.3) is 0 Å². The summed E-state index contributed by atoms with van der Waals surface area (Å²) in [4.78, 5) is 30.6. The summed E-state index contributed by atoms with van der Waals surface area (Å²) >= 11 is 1.64. The number of benzene rings is 1. The van der Waals surface area contributed by atoms with E-state index in [0.29, 0.717) is 37.4 Å². The lowest BCUT2D eigenvalue weighted by molar-refractivity contribution is -0.141. The van der Waals surface area contributed by atoms with Gasteiger partial charge in [0.15, 0.2) is 11.5 Å². The minimum atomic E-state index is 0.00484. The average Bonchev–Trinajstić information content (AvgIpc) is 3.49. The largest absolute Gasteiger partial charge is 0.493 e. The van der Waals surface area contributed by atoms with Crippen LogP contribution in [-0.4, -0.2) is 55.0 Å². The van der Waals surface area contributed by atoms with Gasteiger partial charge in [0.05, 0.1) is 20.8 Å². The van der Waals surface area contributed by atoms with Crippen molar-refractivity contribution in [2.75, 3.05) is 27.3 Å². The zero-order chi connectivity index (χ0) is 22.2. The Morgan fingerprint density at radius 2 is 1.87 bits per heavy atom. The molecule has 0 aliphatic heterocycles. The van der Waals surface area contributed by atoms with Crippen LogP contribution >= 0.6 is 11.3 Å². The molecule has 7 heteroatoms. The normalized spacial score (nSPS) is 13.0. The van der Waals surface area contributed by atoms with Crippen molar-refractivity contribution in [1.29, 1.82) is 0 Å². The summed E-state index contributed by atoms with van der Waals surface area (Å²) in [7, 11) is 3.23. The first-order valence-corrected chi connectivity index (χ1v) is 11.7. The van der Waals surface area contributed by atoms with Crippen LogP contribution in [0.2, 0.25) is 0 Å². The van der Waals surface area contributed by atoms with E-state index in [1.807, 2.05) is 47.5 Å². The lowest BCUT2D eigenvalue weighted by Gasteiger charge is -2.28. The van der Waals surface area contributed by atoms with Crippen LogP contribution in [0.5, 0.6) is 11.5 Å². The maximum Gasteiger partial charge on any atom is 0.242 e. The van der Waals surface area contributed by atoms with E-state index in [1.165, 1.54) is 0 Å². The van der Waals surface area contributed by atoms with Gasteiger partial charge in [-0.1, -0.05) is 19.1 Å². The number of amides is 2. The molecule has 0 unspecified atom stereocenters. The standard InChI is InChI=1S/C24H32N2O4S/c1-4-6-23(27)26(19-9-10-19)17-24(28)25(16-20-7-5-14-31-20)13-12-18-8-11-21(29-2)22(15-18)30-3/h5,7-8,11,14-15,19H,4,6,9-10,12-13,16-17H2,1-3H3. The summed E-state index contributed by atoms with van der Waals surface area (Å²) in [5.74, 6) is 1.47. The summed E-state index contributed by atoms with van der Waals surface area (Å²) in [6.07, 6.45) is 4.00. The molecule has 0 N–H and O–H groups in total. The predicted molar refractivity (Wildman–Crippen MR) is 123 cm³/mol. The van der Waals surface area contributed by atoms with Crippen molar-refractivity contribution >= 4 is 23.2 Å². The zero-order valence-electron chi connectivity index (χ0n) is 18.6. The molecular formula is C24H32N2O4S. The molecule has 0 saturated heterocycles. The van der Waals surface area contributed by atoms with E-state index in [1.54, 1.807) is 30.5 Å². The molecule has 0 radical (unpaired) electrons. The fourth-order valence-corrected chi connectivity index (χ4v) is 4.31. The molecule has 1 saturated carbocycles. The highest BCUT2D eigenvalue weighted by Crippen LogP contribution is 2.29. The maximum atomic E-state index is 13.3. The van der Waals surface area contributed by atoms with Gasteiger partial charge in [-0.2, -0.15) is 0 Å². The van der Waals surface area contributed by atoms with Gasteiger partial charge in [0, 0.05) is 23.9 Å². The van der Waals surface area contributed by atoms with E-state index in [0.717, 1.165) is 29.7 Å². The molecule has 1 aromatic heterocycles. The van der Waals surface area contributed by atoms with Crippen LogP contribution in [0, 0.1) is 0 Å². The molecule has 0 bridgehead atoms. The first-order chi connectivity index (χ1) is 15.0. The Morgan fingerprint density at radius 1 is 1.10 bits per heavy atom. The molecule has 2 aromatic rings. The van der Waals surface area contributed by atoms with Gasteiger partial charge in [-0.3, -0.25) is 9.59 Å². The van der Waals surface area contributed by atoms with Crippen molar-refractivity contribution in [1.82, 2.24) is 9.80 Å². The third-order valence-corrected chi connectivity index (χ3v) is 6.34. The third kappa shape index (κ3) is 6.47. The molecule has 3 rings (SSSR count). The SMILES string of the molecule is CCCC(=O)N(CC(=O)N(CCc1ccc(OC)c(OC)c1)Cc1cccs1)C1CC1. The molecule has 1 aliphatic carbocycles. The Balaban J connectivity index is 1.70. The van der Waals surface area contributed by atoms with Crippen LogP contribution in [-0.2, 0) is 22.6 Å². The molecule has 0 atom stereocenters. The highest BCUT2D eigenvalue weighted by atomic mass is 32.1. The molecule has 0 spiro atoms. The Hall–Kier alpha value is -2.54. The highest BCUT2D eigenvalue weighted by molar-refractivity contribution is 7.09. The minimum absolute atomic E-state index is 0.00484. The maximum absolute atomic E-state index is 13.3. The quantitative estimate of drug-likeness (QED) is 0.494. The number of methoxy groups -OCH3 is 2. The molecule has 1 heterocycles. The average molecular weight is 445 g/mol. The smallest absolute Gasteiger partial charge is 0.242 e. The summed E-state index contributed by atoms with van der Waals surface area (Å²) in [6, 6.07) is 10.1. The number of nitrogens with zero attached hydrogens (tertiary/aromatic N) is 2. The summed E-state index contributed by atoms with van der Waals surface area (Å²) in [5, 5.41) is 2.02. The number of rotatable bonds is 12. The van der Waals surface area contributed by atoms with Crippen LogP contribution in [0.4, 0.5) is 0 Å². The molecular weight excluding hydrogens is 412 g/mol. The van der Waals surface area contributed by atoms with Crippen molar-refractivity contribution in [3.63, 3.8) is 0 Å². The molecule has 168 valence electrons. The Kier molecular flexibility index (Phi) is 8.35. The second kappa shape index (κ2) is 11.2. The summed E-state index contributed by atoms with van der Waals surface area (Å²) < 4.78 is 10.7. The van der Waals surface area contributed by atoms with Gasteiger partial charge in [-0.15, -0.1) is 11.3 Å². The van der Waals surface area contributed by atoms with Crippen LogP contribution in [0.3, 0.4) is 0 Å².